The lowest BCUT2D eigenvalue weighted by Crippen LogP contribution is -2.27. The fourth-order valence-corrected chi connectivity index (χ4v) is 16.0. The molecule has 6 aliphatic carbocycles. The van der Waals surface area contributed by atoms with E-state index in [1.165, 1.54) is 55.3 Å². The number of hydrogen-bond acceptors (Lipinski definition) is 8. The molecule has 0 saturated carbocycles. The highest BCUT2D eigenvalue weighted by molar-refractivity contribution is 6.10. The summed E-state index contributed by atoms with van der Waals surface area (Å²) < 4.78 is 0. The number of pyridine rings is 2. The lowest BCUT2D eigenvalue weighted by Gasteiger charge is -2.28. The predicted molar refractivity (Wildman–Crippen MR) is 451 cm³/mol. The molecule has 8 nitrogen and oxygen atoms in total. The topological polar surface area (TPSA) is 101 Å². The van der Waals surface area contributed by atoms with Crippen LogP contribution in [0.3, 0.4) is 0 Å². The van der Waals surface area contributed by atoms with Crippen LogP contribution in [0.2, 0.25) is 0 Å². The van der Waals surface area contributed by atoms with Crippen molar-refractivity contribution in [2.75, 3.05) is 0 Å². The summed E-state index contributed by atoms with van der Waals surface area (Å²) in [5, 5.41) is 6.11. The minimum Gasteiger partial charge on any atom is -0.360 e. The van der Waals surface area contributed by atoms with Gasteiger partial charge in [-0.2, -0.15) is 0 Å². The highest BCUT2D eigenvalue weighted by atomic mass is 15.1. The Kier molecular flexibility index (Phi) is 19.6. The number of nitrogens with one attached hydrogen (secondary N) is 1. The van der Waals surface area contributed by atoms with Gasteiger partial charge in [0, 0.05) is 51.9 Å². The zero-order valence-corrected chi connectivity index (χ0v) is 60.4. The normalized spacial score (nSPS) is 20.7. The Hall–Kier alpha value is -12.9. The Morgan fingerprint density at radius 2 is 1.16 bits per heavy atom. The first-order valence-corrected chi connectivity index (χ1v) is 37.7. The maximum Gasteiger partial charge on any atom is 0.160 e. The molecule has 0 fully saturated rings. The molecule has 7 atom stereocenters. The van der Waals surface area contributed by atoms with Gasteiger partial charge in [0.1, 0.15) is 18.2 Å². The maximum absolute atomic E-state index is 5.25. The third-order valence-corrected chi connectivity index (χ3v) is 21.8. The monoisotopic (exact) mass is 1390 g/mol. The fraction of sp³-hybridized carbons (Fsp3) is 0.130. The van der Waals surface area contributed by atoms with Gasteiger partial charge in [-0.15, -0.1) is 6.58 Å². The van der Waals surface area contributed by atoms with Crippen LogP contribution in [0, 0.1) is 17.8 Å². The van der Waals surface area contributed by atoms with Crippen molar-refractivity contribution in [3.05, 3.63) is 407 Å². The summed E-state index contributed by atoms with van der Waals surface area (Å²) in [7, 11) is 0. The summed E-state index contributed by atoms with van der Waals surface area (Å²) in [6.07, 6.45) is 55.6. The van der Waals surface area contributed by atoms with Gasteiger partial charge in [-0.1, -0.05) is 304 Å². The van der Waals surface area contributed by atoms with Crippen LogP contribution in [0.15, 0.2) is 372 Å². The number of hydrogen-bond donors (Lipinski definition) is 1. The molecule has 0 saturated heterocycles. The SMILES string of the molecule is C1=CC2C=Cc3ccc(-c4ccc(-c5ccc(-c6cc(C7=CCC(c8ccccc8)C=C7)nc(-c7ccccc7)n6)cc5)c5ccccc45)nc3C2N=C1.C=C/C=C\C=C\C1C=CC(C2=CC(C3=CC=C(C4=Cc5ccc(-c6ccc7c(n6)C(N=C)C(C=C)C=C7)cc5CC4)CC3)=NC(c3ccccc3)N2)=CC1. The van der Waals surface area contributed by atoms with E-state index in [4.69, 9.17) is 29.9 Å². The van der Waals surface area contributed by atoms with Crippen LogP contribution in [-0.2, 0) is 6.42 Å². The molecular weight excluding hydrogens is 1310 g/mol. The Morgan fingerprint density at radius 1 is 0.481 bits per heavy atom. The molecule has 0 bridgehead atoms. The van der Waals surface area contributed by atoms with Gasteiger partial charge < -0.3 is 5.32 Å². The Balaban J connectivity index is 0.000000158. The number of benzene rings is 7. The molecule has 522 valence electrons. The van der Waals surface area contributed by atoms with Crippen LogP contribution in [-0.4, -0.2) is 38.6 Å². The molecule has 10 aromatic rings. The van der Waals surface area contributed by atoms with Gasteiger partial charge in [0.05, 0.1) is 39.9 Å². The van der Waals surface area contributed by atoms with Gasteiger partial charge in [0.25, 0.3) is 0 Å². The number of aromatic nitrogens is 4. The minimum atomic E-state index is -0.136. The zero-order chi connectivity index (χ0) is 72.7. The van der Waals surface area contributed by atoms with E-state index in [-0.39, 0.29) is 30.1 Å². The minimum absolute atomic E-state index is 0.0246. The second kappa shape index (κ2) is 31.0. The smallest absolute Gasteiger partial charge is 0.160 e. The van der Waals surface area contributed by atoms with Crippen molar-refractivity contribution in [2.24, 2.45) is 32.7 Å². The lowest BCUT2D eigenvalue weighted by atomic mass is 9.83. The molecule has 2 aliphatic heterocycles. The van der Waals surface area contributed by atoms with Crippen molar-refractivity contribution in [1.29, 1.82) is 0 Å². The average Bonchev–Trinajstić information content (AvgIpc) is 0.764. The number of nitrogens with zero attached hydrogens (tertiary/aromatic N) is 7. The van der Waals surface area contributed by atoms with Gasteiger partial charge in [-0.05, 0) is 171 Å². The average molecular weight is 1400 g/mol. The number of fused-ring (bicyclic) bond motifs is 6. The molecule has 108 heavy (non-hydrogen) atoms. The van der Waals surface area contributed by atoms with Crippen LogP contribution < -0.4 is 5.32 Å². The van der Waals surface area contributed by atoms with E-state index in [1.54, 1.807) is 6.08 Å². The highest BCUT2D eigenvalue weighted by Gasteiger charge is 2.30. The molecule has 0 amide bonds. The van der Waals surface area contributed by atoms with E-state index < -0.39 is 0 Å². The Bertz CT molecular complexity index is 5680. The van der Waals surface area contributed by atoms with Gasteiger partial charge in [0.2, 0.25) is 0 Å². The molecule has 3 aromatic heterocycles. The molecule has 0 spiro atoms. The molecule has 0 radical (unpaired) electrons. The summed E-state index contributed by atoms with van der Waals surface area (Å²) in [6, 6.07) is 70.8. The summed E-state index contributed by atoms with van der Waals surface area (Å²) in [6.45, 7) is 11.6. The number of rotatable bonds is 16. The van der Waals surface area contributed by atoms with E-state index in [9.17, 15) is 0 Å². The number of dihydropyridines is 1. The Morgan fingerprint density at radius 3 is 1.92 bits per heavy atom. The number of allylic oxidation sites excluding steroid dienone is 19. The second-order valence-electron chi connectivity index (χ2n) is 28.5. The lowest BCUT2D eigenvalue weighted by molar-refractivity contribution is 0.595. The molecule has 8 aliphatic rings. The second-order valence-corrected chi connectivity index (χ2v) is 28.5. The van der Waals surface area contributed by atoms with Crippen molar-refractivity contribution in [1.82, 2.24) is 25.3 Å². The molecule has 7 aromatic carbocycles. The van der Waals surface area contributed by atoms with Crippen molar-refractivity contribution < 1.29 is 0 Å². The van der Waals surface area contributed by atoms with E-state index in [0.29, 0.717) is 11.8 Å². The quantitative estimate of drug-likeness (QED) is 0.0590. The summed E-state index contributed by atoms with van der Waals surface area (Å²) in [5.74, 6) is 1.84. The molecule has 8 heteroatoms. The highest BCUT2D eigenvalue weighted by Crippen LogP contribution is 2.43. The summed E-state index contributed by atoms with van der Waals surface area (Å²) in [5.41, 5.74) is 28.5. The van der Waals surface area contributed by atoms with Crippen LogP contribution >= 0.6 is 0 Å². The van der Waals surface area contributed by atoms with Gasteiger partial charge >= 0.3 is 0 Å². The molecule has 18 rings (SSSR count). The van der Waals surface area contributed by atoms with Crippen molar-refractivity contribution >= 4 is 53.2 Å². The van der Waals surface area contributed by atoms with Gasteiger partial charge in [-0.25, -0.2) is 19.9 Å². The van der Waals surface area contributed by atoms with E-state index in [2.05, 4.69) is 315 Å². The summed E-state index contributed by atoms with van der Waals surface area (Å²) >= 11 is 0. The number of aliphatic imine (C=N–C) groups is 3. The first-order valence-electron chi connectivity index (χ1n) is 37.7. The van der Waals surface area contributed by atoms with E-state index in [0.717, 1.165) is 140 Å². The van der Waals surface area contributed by atoms with Gasteiger partial charge in [-0.3, -0.25) is 15.0 Å². The Labute approximate surface area is 633 Å². The van der Waals surface area contributed by atoms with Gasteiger partial charge in [0.15, 0.2) is 5.82 Å². The predicted octanol–water partition coefficient (Wildman–Crippen LogP) is 23.9. The third kappa shape index (κ3) is 14.4. The fourth-order valence-electron chi connectivity index (χ4n) is 16.0. The summed E-state index contributed by atoms with van der Waals surface area (Å²) in [4.78, 5) is 35.0. The standard InChI is InChI=1S/C50H36N4.C50H46N4/c1-3-10-33(11-4-1)34-17-21-36(22-18-34)46-32-47(54-50(53-46)40-12-5-2-6-13-40)37-23-19-35(20-24-37)41-28-29-44(43-16-8-7-15-42(41)43)45-30-27-39-26-25-38-14-9-31-51-48(38)49(39)52-45;1-4-6-7-9-12-34-15-17-37(18-16-34)46-33-47(54-50(53-46)40-13-10-8-11-14-40)38-22-20-36(21-23-38)41-25-26-43-32-44(28-27-42(43)31-41)45-30-29-39-24-19-35(5-2)48(51-3)49(39)52-45/h1-17,19-32,34,38,48H,18H2;4-15,17-20,22,24,27-35,48,50,53H,1-3,16,21,23,25-26H2/b;7-6-,12-9+. The van der Waals surface area contributed by atoms with Crippen molar-refractivity contribution in [2.45, 2.75) is 62.7 Å². The number of aryl methyl sites for hydroxylation is 1. The molecule has 1 N–H and O–H groups in total. The van der Waals surface area contributed by atoms with Crippen molar-refractivity contribution in [3.8, 4) is 56.3 Å². The maximum atomic E-state index is 5.25. The molecule has 7 unspecified atom stereocenters. The van der Waals surface area contributed by atoms with Crippen LogP contribution in [0.4, 0.5) is 0 Å². The first-order chi connectivity index (χ1) is 53.3. The van der Waals surface area contributed by atoms with Crippen LogP contribution in [0.5, 0.6) is 0 Å². The third-order valence-electron chi connectivity index (χ3n) is 21.8. The first kappa shape index (κ1) is 68.2. The largest absolute Gasteiger partial charge is 0.360 e. The van der Waals surface area contributed by atoms with Crippen LogP contribution in [0.25, 0.3) is 90.9 Å². The van der Waals surface area contributed by atoms with Crippen LogP contribution in [0.1, 0.15) is 107 Å². The van der Waals surface area contributed by atoms with E-state index >= 15 is 0 Å². The van der Waals surface area contributed by atoms with E-state index in [1.807, 2.05) is 48.7 Å². The zero-order valence-electron chi connectivity index (χ0n) is 60.4. The molecule has 5 heterocycles. The molecular formula is C100H82N8. The van der Waals surface area contributed by atoms with Crippen molar-refractivity contribution in [3.63, 3.8) is 0 Å².